The van der Waals surface area contributed by atoms with E-state index in [1.807, 2.05) is 4.72 Å². The Labute approximate surface area is 133 Å². The number of rotatable bonds is 3. The molecule has 2 rings (SSSR count). The molecule has 0 bridgehead atoms. The van der Waals surface area contributed by atoms with Gasteiger partial charge in [0.15, 0.2) is 5.69 Å². The van der Waals surface area contributed by atoms with Crippen molar-refractivity contribution in [3.05, 3.63) is 52.1 Å². The second-order valence-corrected chi connectivity index (χ2v) is 6.75. The standard InChI is InChI=1S/C14H14ClN3O3S/c1-8-9(2)17-13(10(3)16-8)14(19)18-22(20,21)12-7-5-4-6-11(12)15/h4-7H,1-3H3,(H,18,19). The number of nitrogens with one attached hydrogen (secondary N) is 1. The van der Waals surface area contributed by atoms with Crippen molar-refractivity contribution in [2.24, 2.45) is 0 Å². The van der Waals surface area contributed by atoms with E-state index in [-0.39, 0.29) is 15.6 Å². The average Bonchev–Trinajstić information content (AvgIpc) is 2.42. The van der Waals surface area contributed by atoms with Crippen LogP contribution in [0.2, 0.25) is 5.02 Å². The van der Waals surface area contributed by atoms with Crippen LogP contribution >= 0.6 is 11.6 Å². The largest absolute Gasteiger partial charge is 0.285 e. The second-order valence-electron chi connectivity index (χ2n) is 4.69. The third kappa shape index (κ3) is 3.26. The molecule has 1 N–H and O–H groups in total. The topological polar surface area (TPSA) is 89.0 Å². The molecular weight excluding hydrogens is 326 g/mol. The molecule has 0 aliphatic carbocycles. The number of benzene rings is 1. The van der Waals surface area contributed by atoms with Gasteiger partial charge in [-0.15, -0.1) is 0 Å². The molecule has 8 heteroatoms. The molecule has 0 unspecified atom stereocenters. The lowest BCUT2D eigenvalue weighted by Crippen LogP contribution is -2.32. The van der Waals surface area contributed by atoms with Crippen LogP contribution in [0.3, 0.4) is 0 Å². The van der Waals surface area contributed by atoms with Gasteiger partial charge in [-0.1, -0.05) is 23.7 Å². The molecule has 1 amide bonds. The molecule has 0 atom stereocenters. The van der Waals surface area contributed by atoms with Gasteiger partial charge >= 0.3 is 0 Å². The van der Waals surface area contributed by atoms with Gasteiger partial charge in [0.2, 0.25) is 0 Å². The van der Waals surface area contributed by atoms with Crippen molar-refractivity contribution in [3.8, 4) is 0 Å². The summed E-state index contributed by atoms with van der Waals surface area (Å²) < 4.78 is 26.4. The highest BCUT2D eigenvalue weighted by molar-refractivity contribution is 7.90. The van der Waals surface area contributed by atoms with Gasteiger partial charge in [-0.05, 0) is 32.9 Å². The lowest BCUT2D eigenvalue weighted by molar-refractivity contribution is 0.0975. The summed E-state index contributed by atoms with van der Waals surface area (Å²) in [5.74, 6) is -0.840. The number of carbonyl (C=O) groups is 1. The maximum atomic E-state index is 12.2. The summed E-state index contributed by atoms with van der Waals surface area (Å²) in [7, 11) is -4.08. The molecule has 0 saturated heterocycles. The minimum absolute atomic E-state index is 0.0290. The second kappa shape index (κ2) is 6.02. The first-order valence-electron chi connectivity index (χ1n) is 6.36. The highest BCUT2D eigenvalue weighted by atomic mass is 35.5. The molecule has 2 aromatic rings. The van der Waals surface area contributed by atoms with Crippen molar-refractivity contribution < 1.29 is 13.2 Å². The molecule has 22 heavy (non-hydrogen) atoms. The summed E-state index contributed by atoms with van der Waals surface area (Å²) in [5, 5.41) is 0.0330. The Morgan fingerprint density at radius 3 is 2.27 bits per heavy atom. The molecular formula is C14H14ClN3O3S. The Hall–Kier alpha value is -1.99. The highest BCUT2D eigenvalue weighted by Gasteiger charge is 2.23. The Balaban J connectivity index is 2.37. The van der Waals surface area contributed by atoms with Crippen molar-refractivity contribution in [1.29, 1.82) is 0 Å². The van der Waals surface area contributed by atoms with E-state index in [0.717, 1.165) is 0 Å². The Kier molecular flexibility index (Phi) is 4.48. The minimum Gasteiger partial charge on any atom is -0.266 e. The van der Waals surface area contributed by atoms with Gasteiger partial charge in [0.05, 0.1) is 22.1 Å². The zero-order valence-electron chi connectivity index (χ0n) is 12.2. The summed E-state index contributed by atoms with van der Waals surface area (Å²) >= 11 is 5.86. The summed E-state index contributed by atoms with van der Waals surface area (Å²) in [4.78, 5) is 20.3. The molecule has 0 spiro atoms. The van der Waals surface area contributed by atoms with Crippen molar-refractivity contribution in [1.82, 2.24) is 14.7 Å². The van der Waals surface area contributed by atoms with Crippen LogP contribution in [0.25, 0.3) is 0 Å². The SMILES string of the molecule is Cc1nc(C)c(C(=O)NS(=O)(=O)c2ccccc2Cl)nc1C. The number of aryl methyl sites for hydroxylation is 3. The van der Waals surface area contributed by atoms with Crippen LogP contribution in [0.5, 0.6) is 0 Å². The lowest BCUT2D eigenvalue weighted by atomic mass is 10.2. The summed E-state index contributed by atoms with van der Waals surface area (Å²) in [6.45, 7) is 5.05. The van der Waals surface area contributed by atoms with Crippen LogP contribution in [0.4, 0.5) is 0 Å². The Bertz CT molecular complexity index is 850. The summed E-state index contributed by atoms with van der Waals surface area (Å²) in [6, 6.07) is 5.87. The number of halogens is 1. The Morgan fingerprint density at radius 2 is 1.64 bits per heavy atom. The van der Waals surface area contributed by atoms with Crippen molar-refractivity contribution in [2.45, 2.75) is 25.7 Å². The van der Waals surface area contributed by atoms with Gasteiger partial charge in [0.1, 0.15) is 4.90 Å². The van der Waals surface area contributed by atoms with Crippen LogP contribution in [-0.4, -0.2) is 24.3 Å². The fraction of sp³-hybridized carbons (Fsp3) is 0.214. The number of amides is 1. The first kappa shape index (κ1) is 16.4. The van der Waals surface area contributed by atoms with E-state index in [1.54, 1.807) is 26.8 Å². The van der Waals surface area contributed by atoms with E-state index >= 15 is 0 Å². The zero-order chi connectivity index (χ0) is 16.5. The smallest absolute Gasteiger partial charge is 0.266 e. The predicted octanol–water partition coefficient (Wildman–Crippen LogP) is 2.17. The maximum absolute atomic E-state index is 12.2. The van der Waals surface area contributed by atoms with Gasteiger partial charge < -0.3 is 0 Å². The third-order valence-electron chi connectivity index (χ3n) is 3.05. The Morgan fingerprint density at radius 1 is 1.05 bits per heavy atom. The number of carbonyl (C=O) groups excluding carboxylic acids is 1. The van der Waals surface area contributed by atoms with Crippen LogP contribution < -0.4 is 4.72 Å². The number of sulfonamides is 1. The van der Waals surface area contributed by atoms with E-state index < -0.39 is 15.9 Å². The van der Waals surface area contributed by atoms with Crippen LogP contribution in [0.1, 0.15) is 27.6 Å². The first-order valence-corrected chi connectivity index (χ1v) is 8.22. The van der Waals surface area contributed by atoms with Gasteiger partial charge in [-0.2, -0.15) is 0 Å². The van der Waals surface area contributed by atoms with Crippen molar-refractivity contribution in [3.63, 3.8) is 0 Å². The zero-order valence-corrected chi connectivity index (χ0v) is 13.8. The third-order valence-corrected chi connectivity index (χ3v) is 4.88. The predicted molar refractivity (Wildman–Crippen MR) is 82.3 cm³/mol. The maximum Gasteiger partial charge on any atom is 0.285 e. The molecule has 1 aromatic carbocycles. The monoisotopic (exact) mass is 339 g/mol. The molecule has 0 fully saturated rings. The molecule has 1 heterocycles. The number of hydrogen-bond donors (Lipinski definition) is 1. The van der Waals surface area contributed by atoms with Crippen molar-refractivity contribution in [2.75, 3.05) is 0 Å². The first-order chi connectivity index (χ1) is 10.2. The van der Waals surface area contributed by atoms with Gasteiger partial charge in [-0.25, -0.2) is 18.1 Å². The van der Waals surface area contributed by atoms with Crippen LogP contribution in [0, 0.1) is 20.8 Å². The number of hydrogen-bond acceptors (Lipinski definition) is 5. The highest BCUT2D eigenvalue weighted by Crippen LogP contribution is 2.20. The molecule has 116 valence electrons. The molecule has 0 radical (unpaired) electrons. The van der Waals surface area contributed by atoms with E-state index in [2.05, 4.69) is 9.97 Å². The molecule has 1 aromatic heterocycles. The molecule has 0 saturated carbocycles. The molecule has 0 aliphatic rings. The molecule has 0 aliphatic heterocycles. The van der Waals surface area contributed by atoms with E-state index in [1.165, 1.54) is 18.2 Å². The normalized spacial score (nSPS) is 11.3. The average molecular weight is 340 g/mol. The number of nitrogens with zero attached hydrogens (tertiary/aromatic N) is 2. The van der Waals surface area contributed by atoms with Gasteiger partial charge in [-0.3, -0.25) is 9.78 Å². The van der Waals surface area contributed by atoms with E-state index in [0.29, 0.717) is 17.1 Å². The summed E-state index contributed by atoms with van der Waals surface area (Å²) in [5.41, 5.74) is 1.57. The number of aromatic nitrogens is 2. The van der Waals surface area contributed by atoms with Crippen LogP contribution in [0.15, 0.2) is 29.2 Å². The summed E-state index contributed by atoms with van der Waals surface area (Å²) in [6.07, 6.45) is 0. The minimum atomic E-state index is -4.08. The van der Waals surface area contributed by atoms with Gasteiger partial charge in [0, 0.05) is 0 Å². The molecule has 6 nitrogen and oxygen atoms in total. The van der Waals surface area contributed by atoms with E-state index in [9.17, 15) is 13.2 Å². The van der Waals surface area contributed by atoms with Crippen molar-refractivity contribution >= 4 is 27.5 Å². The van der Waals surface area contributed by atoms with Gasteiger partial charge in [0.25, 0.3) is 15.9 Å². The fourth-order valence-corrected chi connectivity index (χ4v) is 3.29. The van der Waals surface area contributed by atoms with Crippen LogP contribution in [-0.2, 0) is 10.0 Å². The lowest BCUT2D eigenvalue weighted by Gasteiger charge is -2.10. The van der Waals surface area contributed by atoms with E-state index in [4.69, 9.17) is 11.6 Å². The quantitative estimate of drug-likeness (QED) is 0.925. The fourth-order valence-electron chi connectivity index (χ4n) is 1.82.